The van der Waals surface area contributed by atoms with Crippen LogP contribution in [0.1, 0.15) is 25.8 Å². The minimum Gasteiger partial charge on any atom is -0.461 e. The minimum absolute atomic E-state index is 0.149. The zero-order valence-corrected chi connectivity index (χ0v) is 10.7. The molecule has 1 radical (unpaired) electrons. The fourth-order valence-electron chi connectivity index (χ4n) is 1.48. The molecule has 1 aromatic carbocycles. The molecule has 0 fully saturated rings. The molecule has 0 saturated heterocycles. The van der Waals surface area contributed by atoms with E-state index in [0.717, 1.165) is 12.0 Å². The molecule has 0 aliphatic carbocycles. The highest BCUT2D eigenvalue weighted by atomic mass is 16.5. The van der Waals surface area contributed by atoms with Crippen molar-refractivity contribution in [2.75, 3.05) is 0 Å². The van der Waals surface area contributed by atoms with Crippen molar-refractivity contribution >= 4 is 12.4 Å². The molecule has 0 aliphatic rings. The van der Waals surface area contributed by atoms with Crippen LogP contribution >= 0.6 is 0 Å². The Morgan fingerprint density at radius 2 is 2.06 bits per heavy atom. The average Bonchev–Trinajstić information content (AvgIpc) is 2.39. The molecule has 0 spiro atoms. The van der Waals surface area contributed by atoms with Crippen molar-refractivity contribution in [2.45, 2.75) is 38.8 Å². The molecule has 97 valence electrons. The number of hydrogen-bond donors (Lipinski definition) is 1. The van der Waals surface area contributed by atoms with Gasteiger partial charge >= 0.3 is 12.4 Å². The van der Waals surface area contributed by atoms with E-state index in [-0.39, 0.29) is 6.10 Å². The molecule has 4 nitrogen and oxygen atoms in total. The van der Waals surface area contributed by atoms with E-state index < -0.39 is 12.0 Å². The van der Waals surface area contributed by atoms with E-state index in [1.807, 2.05) is 44.2 Å². The van der Waals surface area contributed by atoms with Crippen molar-refractivity contribution in [2.24, 2.45) is 0 Å². The van der Waals surface area contributed by atoms with Gasteiger partial charge in [-0.15, -0.1) is 0 Å². The van der Waals surface area contributed by atoms with E-state index in [0.29, 0.717) is 6.42 Å². The van der Waals surface area contributed by atoms with Crippen molar-refractivity contribution < 1.29 is 14.3 Å². The van der Waals surface area contributed by atoms with Gasteiger partial charge in [0.05, 0.1) is 6.10 Å². The summed E-state index contributed by atoms with van der Waals surface area (Å²) in [6.45, 7) is 3.76. The highest BCUT2D eigenvalue weighted by molar-refractivity contribution is 5.78. The number of nitrogens with one attached hydrogen (secondary N) is 1. The third-order valence-electron chi connectivity index (χ3n) is 2.69. The fourth-order valence-corrected chi connectivity index (χ4v) is 1.48. The van der Waals surface area contributed by atoms with Gasteiger partial charge in [-0.3, -0.25) is 4.79 Å². The number of amides is 1. The summed E-state index contributed by atoms with van der Waals surface area (Å²) in [6, 6.07) is 8.79. The summed E-state index contributed by atoms with van der Waals surface area (Å²) in [6.07, 6.45) is 2.56. The average molecular weight is 248 g/mol. The maximum Gasteiger partial charge on any atom is 0.329 e. The van der Waals surface area contributed by atoms with Crippen LogP contribution in [0.25, 0.3) is 0 Å². The van der Waals surface area contributed by atoms with Gasteiger partial charge in [0.2, 0.25) is 0 Å². The van der Waals surface area contributed by atoms with Crippen molar-refractivity contribution in [3.63, 3.8) is 0 Å². The molecule has 2 atom stereocenters. The van der Waals surface area contributed by atoms with Gasteiger partial charge in [-0.1, -0.05) is 37.3 Å². The Kier molecular flexibility index (Phi) is 5.91. The lowest BCUT2D eigenvalue weighted by atomic mass is 10.1. The topological polar surface area (TPSA) is 55.4 Å². The van der Waals surface area contributed by atoms with Crippen molar-refractivity contribution in [1.82, 2.24) is 5.32 Å². The number of ether oxygens (including phenoxy) is 1. The number of hydrogen-bond acceptors (Lipinski definition) is 3. The first kappa shape index (κ1) is 14.2. The normalized spacial score (nSPS) is 13.4. The van der Waals surface area contributed by atoms with Crippen molar-refractivity contribution in [3.05, 3.63) is 35.9 Å². The molecule has 1 aromatic rings. The third-order valence-corrected chi connectivity index (χ3v) is 2.69. The van der Waals surface area contributed by atoms with Crippen LogP contribution in [0.15, 0.2) is 30.3 Å². The Bertz CT molecular complexity index is 378. The molecule has 0 aromatic heterocycles. The quantitative estimate of drug-likeness (QED) is 0.589. The van der Waals surface area contributed by atoms with E-state index in [1.165, 1.54) is 0 Å². The van der Waals surface area contributed by atoms with Crippen LogP contribution in [0.3, 0.4) is 0 Å². The summed E-state index contributed by atoms with van der Waals surface area (Å²) in [5, 5.41) is 2.38. The number of carbonyl (C=O) groups is 1. The second kappa shape index (κ2) is 7.48. The van der Waals surface area contributed by atoms with E-state index in [2.05, 4.69) is 5.32 Å². The van der Waals surface area contributed by atoms with E-state index in [4.69, 9.17) is 4.74 Å². The van der Waals surface area contributed by atoms with Gasteiger partial charge in [-0.05, 0) is 18.9 Å². The van der Waals surface area contributed by atoms with Crippen LogP contribution in [0.4, 0.5) is 0 Å². The van der Waals surface area contributed by atoms with Gasteiger partial charge in [-0.2, -0.15) is 0 Å². The van der Waals surface area contributed by atoms with Crippen molar-refractivity contribution in [3.8, 4) is 0 Å². The molecule has 1 rings (SSSR count). The van der Waals surface area contributed by atoms with E-state index >= 15 is 0 Å². The summed E-state index contributed by atoms with van der Waals surface area (Å²) in [4.78, 5) is 22.3. The van der Waals surface area contributed by atoms with Gasteiger partial charge in [-0.25, -0.2) is 4.79 Å². The summed E-state index contributed by atoms with van der Waals surface area (Å²) in [5.41, 5.74) is 0.964. The summed E-state index contributed by atoms with van der Waals surface area (Å²) >= 11 is 0. The highest BCUT2D eigenvalue weighted by Gasteiger charge is 2.21. The first-order valence-corrected chi connectivity index (χ1v) is 6.04. The Morgan fingerprint density at radius 1 is 1.39 bits per heavy atom. The molecule has 0 heterocycles. The summed E-state index contributed by atoms with van der Waals surface area (Å²) < 4.78 is 5.21. The molecule has 18 heavy (non-hydrogen) atoms. The first-order valence-electron chi connectivity index (χ1n) is 6.04. The smallest absolute Gasteiger partial charge is 0.329 e. The SMILES string of the molecule is CCC(C)OC(=O)C(Cc1ccccc1)N[C]=O. The Hall–Kier alpha value is -1.84. The van der Waals surface area contributed by atoms with E-state index in [1.54, 1.807) is 6.41 Å². The zero-order chi connectivity index (χ0) is 13.4. The Balaban J connectivity index is 2.64. The van der Waals surface area contributed by atoms with Crippen LogP contribution in [0.2, 0.25) is 0 Å². The van der Waals surface area contributed by atoms with Gasteiger partial charge < -0.3 is 10.1 Å². The molecule has 1 N–H and O–H groups in total. The number of rotatable bonds is 7. The standard InChI is InChI=1S/C14H18NO3/c1-3-11(2)18-14(17)13(15-10-16)9-12-7-5-4-6-8-12/h4-8,11,13H,3,9H2,1-2H3,(H,15,16). The van der Waals surface area contributed by atoms with Crippen LogP contribution in [0, 0.1) is 0 Å². The van der Waals surface area contributed by atoms with Gasteiger partial charge in [0, 0.05) is 6.42 Å². The predicted octanol–water partition coefficient (Wildman–Crippen LogP) is 1.60. The number of carbonyl (C=O) groups excluding carboxylic acids is 2. The molecule has 4 heteroatoms. The molecular weight excluding hydrogens is 230 g/mol. The summed E-state index contributed by atoms with van der Waals surface area (Å²) in [7, 11) is 0. The van der Waals surface area contributed by atoms with Gasteiger partial charge in [0.25, 0.3) is 0 Å². The van der Waals surface area contributed by atoms with Crippen LogP contribution in [-0.2, 0) is 20.7 Å². The number of esters is 1. The number of benzene rings is 1. The maximum absolute atomic E-state index is 11.8. The molecule has 0 saturated carbocycles. The maximum atomic E-state index is 11.8. The van der Waals surface area contributed by atoms with Gasteiger partial charge in [0.1, 0.15) is 6.04 Å². The monoisotopic (exact) mass is 248 g/mol. The lowest BCUT2D eigenvalue weighted by Gasteiger charge is -2.17. The largest absolute Gasteiger partial charge is 0.461 e. The molecule has 1 amide bonds. The third kappa shape index (κ3) is 4.57. The predicted molar refractivity (Wildman–Crippen MR) is 68.6 cm³/mol. The lowest BCUT2D eigenvalue weighted by molar-refractivity contribution is -0.150. The minimum atomic E-state index is -0.682. The first-order chi connectivity index (χ1) is 8.67. The molecule has 0 bridgehead atoms. The van der Waals surface area contributed by atoms with Gasteiger partial charge in [0.15, 0.2) is 0 Å². The molecule has 0 aliphatic heterocycles. The van der Waals surface area contributed by atoms with Crippen LogP contribution in [-0.4, -0.2) is 24.5 Å². The lowest BCUT2D eigenvalue weighted by Crippen LogP contribution is -2.40. The molecule has 2 unspecified atom stereocenters. The van der Waals surface area contributed by atoms with Crippen molar-refractivity contribution in [1.29, 1.82) is 0 Å². The Labute approximate surface area is 107 Å². The second-order valence-electron chi connectivity index (χ2n) is 4.14. The zero-order valence-electron chi connectivity index (χ0n) is 10.7. The Morgan fingerprint density at radius 3 is 2.61 bits per heavy atom. The fraction of sp³-hybridized carbons (Fsp3) is 0.429. The highest BCUT2D eigenvalue weighted by Crippen LogP contribution is 2.06. The van der Waals surface area contributed by atoms with Crippen LogP contribution in [0.5, 0.6) is 0 Å². The van der Waals surface area contributed by atoms with Crippen LogP contribution < -0.4 is 5.32 Å². The van der Waals surface area contributed by atoms with E-state index in [9.17, 15) is 9.59 Å². The summed E-state index contributed by atoms with van der Waals surface area (Å²) in [5.74, 6) is -0.420. The molecular formula is C14H18NO3. The second-order valence-corrected chi connectivity index (χ2v) is 4.14.